The lowest BCUT2D eigenvalue weighted by Crippen LogP contribution is -2.64. The number of hydrogen-bond acceptors (Lipinski definition) is 12. The predicted octanol–water partition coefficient (Wildman–Crippen LogP) is 2.42. The zero-order chi connectivity index (χ0) is 33.7. The summed E-state index contributed by atoms with van der Waals surface area (Å²) < 4.78 is 23.0. The minimum atomic E-state index is -1.72. The molecule has 2 aliphatic rings. The van der Waals surface area contributed by atoms with Crippen molar-refractivity contribution < 1.29 is 59.8 Å². The third-order valence-corrected chi connectivity index (χ3v) is 9.35. The summed E-state index contributed by atoms with van der Waals surface area (Å²) in [4.78, 5) is 0. The summed E-state index contributed by atoms with van der Waals surface area (Å²) in [6.07, 6.45) is 6.69. The number of unbranched alkanes of at least 4 members (excludes halogenated alkanes) is 15. The van der Waals surface area contributed by atoms with Crippen molar-refractivity contribution in [1.82, 2.24) is 0 Å². The first-order valence-corrected chi connectivity index (χ1v) is 18.1. The van der Waals surface area contributed by atoms with Crippen LogP contribution in [0.4, 0.5) is 0 Å². The van der Waals surface area contributed by atoms with Gasteiger partial charge in [-0.15, -0.1) is 0 Å². The first kappa shape index (κ1) is 41.7. The Morgan fingerprint density at radius 3 is 1.46 bits per heavy atom. The fourth-order valence-corrected chi connectivity index (χ4v) is 6.37. The predicted molar refractivity (Wildman–Crippen MR) is 172 cm³/mol. The lowest BCUT2D eigenvalue weighted by Gasteiger charge is -2.46. The summed E-state index contributed by atoms with van der Waals surface area (Å²) in [6.45, 7) is 1.05. The van der Waals surface area contributed by atoms with Gasteiger partial charge < -0.3 is 59.8 Å². The average molecular weight is 667 g/mol. The first-order valence-electron chi connectivity index (χ1n) is 18.1. The smallest absolute Gasteiger partial charge is 0.187 e. The Kier molecular flexibility index (Phi) is 22.3. The Balaban J connectivity index is 1.76. The molecule has 0 aromatic rings. The molecular weight excluding hydrogens is 600 g/mol. The maximum Gasteiger partial charge on any atom is 0.187 e. The van der Waals surface area contributed by atoms with Gasteiger partial charge in [-0.25, -0.2) is 0 Å². The standard InChI is InChI=1S/C34H66O12/c1-2-3-4-5-6-7-8-9-10-11-12-13-14-15-16-19-24(20-17-18-21-35)43-33-31(42)29(40)32(26(23-37)45-33)46-34-30(41)28(39)27(38)25(22-36)44-34/h24-42H,2-23H2,1H3/t24?,25-,26-,27-,28+,29-,30-,31-,32+,33-,34-/m1/s1. The van der Waals surface area contributed by atoms with Crippen molar-refractivity contribution >= 4 is 0 Å². The second-order valence-corrected chi connectivity index (χ2v) is 13.2. The Bertz CT molecular complexity index is 728. The van der Waals surface area contributed by atoms with E-state index in [-0.39, 0.29) is 12.7 Å². The first-order chi connectivity index (χ1) is 22.3. The van der Waals surface area contributed by atoms with E-state index in [1.807, 2.05) is 0 Å². The van der Waals surface area contributed by atoms with Crippen molar-refractivity contribution in [2.45, 2.75) is 196 Å². The van der Waals surface area contributed by atoms with Crippen LogP contribution >= 0.6 is 0 Å². The molecule has 0 spiro atoms. The van der Waals surface area contributed by atoms with Gasteiger partial charge in [0.15, 0.2) is 12.6 Å². The molecule has 8 N–H and O–H groups in total. The lowest BCUT2D eigenvalue weighted by atomic mass is 9.96. The minimum Gasteiger partial charge on any atom is -0.396 e. The van der Waals surface area contributed by atoms with Crippen molar-refractivity contribution in [3.63, 3.8) is 0 Å². The second-order valence-electron chi connectivity index (χ2n) is 13.2. The van der Waals surface area contributed by atoms with E-state index in [0.717, 1.165) is 32.1 Å². The van der Waals surface area contributed by atoms with Gasteiger partial charge in [0, 0.05) is 6.61 Å². The molecule has 46 heavy (non-hydrogen) atoms. The monoisotopic (exact) mass is 666 g/mol. The molecule has 0 radical (unpaired) electrons. The molecule has 0 aromatic carbocycles. The van der Waals surface area contributed by atoms with E-state index < -0.39 is 74.6 Å². The molecule has 2 aliphatic heterocycles. The van der Waals surface area contributed by atoms with Gasteiger partial charge in [0.1, 0.15) is 48.8 Å². The van der Waals surface area contributed by atoms with Crippen LogP contribution in [0.3, 0.4) is 0 Å². The summed E-state index contributed by atoms with van der Waals surface area (Å²) in [5.41, 5.74) is 0. The van der Waals surface area contributed by atoms with Crippen LogP contribution in [0.5, 0.6) is 0 Å². The van der Waals surface area contributed by atoms with Crippen molar-refractivity contribution in [3.8, 4) is 0 Å². The van der Waals surface area contributed by atoms with E-state index in [4.69, 9.17) is 18.9 Å². The molecular formula is C34H66O12. The lowest BCUT2D eigenvalue weighted by molar-refractivity contribution is -0.363. The molecule has 2 heterocycles. The van der Waals surface area contributed by atoms with Crippen molar-refractivity contribution in [3.05, 3.63) is 0 Å². The molecule has 2 rings (SSSR count). The highest BCUT2D eigenvalue weighted by Crippen LogP contribution is 2.31. The van der Waals surface area contributed by atoms with Crippen molar-refractivity contribution in [1.29, 1.82) is 0 Å². The number of aliphatic hydroxyl groups is 8. The summed E-state index contributed by atoms with van der Waals surface area (Å²) in [6, 6.07) is 0. The molecule has 12 nitrogen and oxygen atoms in total. The molecule has 0 aliphatic carbocycles. The van der Waals surface area contributed by atoms with Gasteiger partial charge in [0.2, 0.25) is 0 Å². The highest BCUT2D eigenvalue weighted by Gasteiger charge is 2.51. The highest BCUT2D eigenvalue weighted by molar-refractivity contribution is 4.94. The van der Waals surface area contributed by atoms with E-state index in [0.29, 0.717) is 12.8 Å². The topological polar surface area (TPSA) is 199 Å². The summed E-state index contributed by atoms with van der Waals surface area (Å²) in [7, 11) is 0. The van der Waals surface area contributed by atoms with Gasteiger partial charge in [-0.1, -0.05) is 103 Å². The largest absolute Gasteiger partial charge is 0.396 e. The van der Waals surface area contributed by atoms with Crippen molar-refractivity contribution in [2.24, 2.45) is 0 Å². The second kappa shape index (κ2) is 24.6. The van der Waals surface area contributed by atoms with Gasteiger partial charge in [0.25, 0.3) is 0 Å². The summed E-state index contributed by atoms with van der Waals surface area (Å²) in [5.74, 6) is 0. The number of hydrogen-bond donors (Lipinski definition) is 8. The van der Waals surface area contributed by atoms with Crippen LogP contribution in [0.2, 0.25) is 0 Å². The minimum absolute atomic E-state index is 0.0660. The van der Waals surface area contributed by atoms with E-state index in [1.54, 1.807) is 0 Å². The molecule has 0 amide bonds. The molecule has 1 unspecified atom stereocenters. The maximum atomic E-state index is 10.9. The third-order valence-electron chi connectivity index (χ3n) is 9.35. The quantitative estimate of drug-likeness (QED) is 0.0629. The van der Waals surface area contributed by atoms with Crippen LogP contribution in [0.25, 0.3) is 0 Å². The van der Waals surface area contributed by atoms with Gasteiger partial charge in [-0.05, 0) is 25.7 Å². The van der Waals surface area contributed by atoms with Crippen LogP contribution in [0.1, 0.15) is 129 Å². The van der Waals surface area contributed by atoms with Crippen LogP contribution in [0.15, 0.2) is 0 Å². The fourth-order valence-electron chi connectivity index (χ4n) is 6.37. The van der Waals surface area contributed by atoms with E-state index in [2.05, 4.69) is 6.92 Å². The normalized spacial score (nSPS) is 32.5. The number of rotatable bonds is 26. The molecule has 0 aromatic heterocycles. The Hall–Kier alpha value is -0.480. The van der Waals surface area contributed by atoms with Crippen LogP contribution in [-0.4, -0.2) is 128 Å². The van der Waals surface area contributed by atoms with E-state index >= 15 is 0 Å². The van der Waals surface area contributed by atoms with E-state index in [9.17, 15) is 40.9 Å². The molecule has 12 heteroatoms. The molecule has 2 fully saturated rings. The SMILES string of the molecule is CCCCCCCCCCCCCCCCCC(CCCCO)O[C@@H]1O[C@H](CO)[C@H](O[C@H]2O[C@H](CO)[C@@H](O)[C@H](O)[C@H]2O)[C@H](O)[C@H]1O. The maximum absolute atomic E-state index is 10.9. The van der Waals surface area contributed by atoms with Crippen LogP contribution in [0, 0.1) is 0 Å². The zero-order valence-corrected chi connectivity index (χ0v) is 28.1. The van der Waals surface area contributed by atoms with Gasteiger partial charge in [0.05, 0.1) is 19.3 Å². The molecule has 11 atom stereocenters. The Morgan fingerprint density at radius 1 is 0.500 bits per heavy atom. The zero-order valence-electron chi connectivity index (χ0n) is 28.1. The number of ether oxygens (including phenoxy) is 4. The van der Waals surface area contributed by atoms with Gasteiger partial charge in [-0.2, -0.15) is 0 Å². The number of aliphatic hydroxyl groups excluding tert-OH is 8. The molecule has 274 valence electrons. The third kappa shape index (κ3) is 14.6. The fraction of sp³-hybridized carbons (Fsp3) is 1.00. The van der Waals surface area contributed by atoms with Gasteiger partial charge >= 0.3 is 0 Å². The Labute approximate surface area is 276 Å². The van der Waals surface area contributed by atoms with Crippen LogP contribution in [-0.2, 0) is 18.9 Å². The highest BCUT2D eigenvalue weighted by atomic mass is 16.7. The van der Waals surface area contributed by atoms with E-state index in [1.165, 1.54) is 77.0 Å². The Morgan fingerprint density at radius 2 is 0.957 bits per heavy atom. The molecule has 0 saturated carbocycles. The summed E-state index contributed by atoms with van der Waals surface area (Å²) >= 11 is 0. The van der Waals surface area contributed by atoms with Crippen molar-refractivity contribution in [2.75, 3.05) is 19.8 Å². The average Bonchev–Trinajstić information content (AvgIpc) is 3.06. The summed E-state index contributed by atoms with van der Waals surface area (Å²) in [5, 5.41) is 81.0. The van der Waals surface area contributed by atoms with Crippen LogP contribution < -0.4 is 0 Å². The van der Waals surface area contributed by atoms with Gasteiger partial charge in [-0.3, -0.25) is 0 Å². The molecule has 2 saturated heterocycles. The molecule has 0 bridgehead atoms.